The molecule has 0 atom stereocenters. The molecule has 0 N–H and O–H groups in total. The van der Waals surface area contributed by atoms with E-state index in [1.54, 1.807) is 0 Å². The van der Waals surface area contributed by atoms with Crippen LogP contribution in [0.4, 0.5) is 0 Å². The number of nitrogens with zero attached hydrogens (tertiary/aromatic N) is 3. The Morgan fingerprint density at radius 3 is 1.43 bits per heavy atom. The van der Waals surface area contributed by atoms with E-state index in [1.807, 2.05) is 12.1 Å². The van der Waals surface area contributed by atoms with E-state index in [-0.39, 0.29) is 22.4 Å². The molecule has 3 nitrogen and oxygen atoms in total. The molecule has 0 aliphatic carbocycles. The Labute approximate surface area is 296 Å². The molecule has 0 amide bonds. The molecule has 0 fully saturated rings. The second-order valence-electron chi connectivity index (χ2n) is 13.6. The fourth-order valence-corrected chi connectivity index (χ4v) is 6.66. The van der Waals surface area contributed by atoms with E-state index >= 15 is 0 Å². The Morgan fingerprint density at radius 1 is 0.511 bits per heavy atom. The summed E-state index contributed by atoms with van der Waals surface area (Å²) in [5.74, 6) is 1.71. The van der Waals surface area contributed by atoms with Gasteiger partial charge in [0.15, 0.2) is 0 Å². The molecule has 2 heterocycles. The van der Waals surface area contributed by atoms with Crippen molar-refractivity contribution in [3.63, 3.8) is 0 Å². The van der Waals surface area contributed by atoms with Crippen LogP contribution in [-0.4, -0.2) is 4.57 Å². The Bertz CT molecular complexity index is 1930. The summed E-state index contributed by atoms with van der Waals surface area (Å²) in [6.45, 7) is 18.3. The van der Waals surface area contributed by atoms with Crippen molar-refractivity contribution in [2.45, 2.75) is 79.1 Å². The minimum atomic E-state index is 0. The predicted molar refractivity (Wildman–Crippen MR) is 195 cm³/mol. The summed E-state index contributed by atoms with van der Waals surface area (Å²) in [6.07, 6.45) is 3.84. The van der Waals surface area contributed by atoms with E-state index in [9.17, 15) is 0 Å². The molecule has 0 spiro atoms. The van der Waals surface area contributed by atoms with Gasteiger partial charge in [-0.1, -0.05) is 165 Å². The van der Waals surface area contributed by atoms with Crippen molar-refractivity contribution in [3.8, 4) is 11.4 Å². The van der Waals surface area contributed by atoms with E-state index < -0.39 is 0 Å². The molecule has 2 aromatic heterocycles. The molecule has 0 saturated heterocycles. The summed E-state index contributed by atoms with van der Waals surface area (Å²) in [6, 6.07) is 38.8. The third-order valence-electron chi connectivity index (χ3n) is 9.03. The Hall–Kier alpha value is -3.89. The maximum absolute atomic E-state index is 4.52. The SMILES string of the molecule is CC(C)c1cccc(C(C)C)c1-n1[c-][n+](-c2c(C(C)C)cccc2C(C)C)c2ccccc21.[Ag].c1ccc2c(c1)[n-]c1ccccc12. The zero-order chi connectivity index (χ0) is 32.5. The normalized spacial score (nSPS) is 11.6. The molecule has 0 unspecified atom stereocenters. The van der Waals surface area contributed by atoms with Crippen LogP contribution in [0.25, 0.3) is 44.2 Å². The molecule has 245 valence electrons. The zero-order valence-corrected chi connectivity index (χ0v) is 30.3. The van der Waals surface area contributed by atoms with Gasteiger partial charge in [-0.2, -0.15) is 0 Å². The number of imidazole rings is 1. The molecule has 0 bridgehead atoms. The Morgan fingerprint density at radius 2 is 0.936 bits per heavy atom. The molecular weight excluding hydrogens is 666 g/mol. The van der Waals surface area contributed by atoms with E-state index in [0.717, 1.165) is 11.0 Å². The van der Waals surface area contributed by atoms with Crippen molar-refractivity contribution < 1.29 is 26.9 Å². The van der Waals surface area contributed by atoms with E-state index in [4.69, 9.17) is 0 Å². The fourth-order valence-electron chi connectivity index (χ4n) is 6.66. The Balaban J connectivity index is 0.000000256. The molecule has 4 heteroatoms. The Kier molecular flexibility index (Phi) is 10.6. The van der Waals surface area contributed by atoms with Gasteiger partial charge in [-0.25, -0.2) is 0 Å². The minimum absolute atomic E-state index is 0. The number of rotatable bonds is 6. The van der Waals surface area contributed by atoms with Crippen LogP contribution in [0.5, 0.6) is 0 Å². The monoisotopic (exact) mass is 711 g/mol. The average molecular weight is 713 g/mol. The molecule has 5 aromatic carbocycles. The molecular formula is C43H46AgN3-. The summed E-state index contributed by atoms with van der Waals surface area (Å²) in [5.41, 5.74) is 12.6. The molecule has 1 radical (unpaired) electrons. The number of aromatic nitrogens is 3. The third-order valence-corrected chi connectivity index (χ3v) is 9.03. The molecule has 0 saturated carbocycles. The van der Waals surface area contributed by atoms with Crippen LogP contribution in [-0.2, 0) is 22.4 Å². The number of hydrogen-bond acceptors (Lipinski definition) is 0. The first-order valence-corrected chi connectivity index (χ1v) is 16.8. The quantitative estimate of drug-likeness (QED) is 0.0956. The smallest absolute Gasteiger partial charge is 0.269 e. The summed E-state index contributed by atoms with van der Waals surface area (Å²) in [5, 5.41) is 2.50. The van der Waals surface area contributed by atoms with Crippen LogP contribution < -0.4 is 9.55 Å². The maximum atomic E-state index is 4.52. The van der Waals surface area contributed by atoms with Gasteiger partial charge in [-0.15, -0.1) is 11.0 Å². The van der Waals surface area contributed by atoms with E-state index in [0.29, 0.717) is 23.7 Å². The van der Waals surface area contributed by atoms with Crippen LogP contribution in [0.1, 0.15) is 101 Å². The average Bonchev–Trinajstić information content (AvgIpc) is 3.63. The first-order chi connectivity index (χ1) is 22.2. The topological polar surface area (TPSA) is 22.9 Å². The number of para-hydroxylation sites is 6. The van der Waals surface area contributed by atoms with Crippen molar-refractivity contribution in [1.82, 2.24) is 9.55 Å². The van der Waals surface area contributed by atoms with Gasteiger partial charge in [0.2, 0.25) is 0 Å². The van der Waals surface area contributed by atoms with Crippen molar-refractivity contribution in [2.24, 2.45) is 0 Å². The van der Waals surface area contributed by atoms with Gasteiger partial charge in [0.05, 0.1) is 22.4 Å². The summed E-state index contributed by atoms with van der Waals surface area (Å²) in [4.78, 5) is 4.52. The van der Waals surface area contributed by atoms with Crippen LogP contribution in [0, 0.1) is 6.33 Å². The van der Waals surface area contributed by atoms with Crippen molar-refractivity contribution in [1.29, 1.82) is 0 Å². The number of fused-ring (bicyclic) bond motifs is 4. The van der Waals surface area contributed by atoms with Crippen LogP contribution in [0.3, 0.4) is 0 Å². The standard InChI is InChI=1S/C31H38N2.C12H8N.Ag/c1-20(2)24-13-11-14-25(21(3)4)30(24)32-19-33(29-18-10-9-17-28(29)32)31-26(22(5)6)15-12-16-27(31)23(7)8;1-3-7-11-9(5-1)10-6-2-4-8-12(10)13-11;/h9-18,20-23H,1-8H3;1-8H;/q;-1;. The van der Waals surface area contributed by atoms with E-state index in [1.165, 1.54) is 55.4 Å². The molecule has 47 heavy (non-hydrogen) atoms. The molecule has 7 aromatic rings. The first-order valence-electron chi connectivity index (χ1n) is 16.8. The number of benzene rings is 5. The summed E-state index contributed by atoms with van der Waals surface area (Å²) in [7, 11) is 0. The molecule has 0 aliphatic heterocycles. The van der Waals surface area contributed by atoms with Gasteiger partial charge in [-0.3, -0.25) is 9.13 Å². The summed E-state index contributed by atoms with van der Waals surface area (Å²) < 4.78 is 4.64. The molecule has 7 rings (SSSR count). The van der Waals surface area contributed by atoms with Crippen molar-refractivity contribution in [3.05, 3.63) is 138 Å². The minimum Gasteiger partial charge on any atom is -0.657 e. The van der Waals surface area contributed by atoms with Gasteiger partial charge in [0, 0.05) is 22.4 Å². The largest absolute Gasteiger partial charge is 0.657 e. The molecule has 0 aliphatic rings. The zero-order valence-electron chi connectivity index (χ0n) is 28.8. The third kappa shape index (κ3) is 6.63. The van der Waals surface area contributed by atoms with Gasteiger partial charge < -0.3 is 4.98 Å². The van der Waals surface area contributed by atoms with Crippen LogP contribution in [0.2, 0.25) is 0 Å². The predicted octanol–water partition coefficient (Wildman–Crippen LogP) is 11.1. The van der Waals surface area contributed by atoms with Gasteiger partial charge in [-0.05, 0) is 56.7 Å². The number of hydrogen-bond donors (Lipinski definition) is 0. The van der Waals surface area contributed by atoms with Crippen molar-refractivity contribution in [2.75, 3.05) is 0 Å². The van der Waals surface area contributed by atoms with Crippen LogP contribution >= 0.6 is 0 Å². The van der Waals surface area contributed by atoms with Gasteiger partial charge in [0.1, 0.15) is 0 Å². The summed E-state index contributed by atoms with van der Waals surface area (Å²) >= 11 is 0. The maximum Gasteiger partial charge on any atom is 0.269 e. The van der Waals surface area contributed by atoms with Crippen molar-refractivity contribution >= 4 is 32.8 Å². The first kappa shape index (κ1) is 34.4. The van der Waals surface area contributed by atoms with Gasteiger partial charge >= 0.3 is 0 Å². The van der Waals surface area contributed by atoms with E-state index in [2.05, 4.69) is 173 Å². The second kappa shape index (κ2) is 14.5. The van der Waals surface area contributed by atoms with Gasteiger partial charge in [0.25, 0.3) is 6.33 Å². The second-order valence-corrected chi connectivity index (χ2v) is 13.6. The van der Waals surface area contributed by atoms with Crippen LogP contribution in [0.15, 0.2) is 109 Å². The fraction of sp³-hybridized carbons (Fsp3) is 0.279.